The summed E-state index contributed by atoms with van der Waals surface area (Å²) in [6.07, 6.45) is 2.97. The molecule has 78 valence electrons. The highest BCUT2D eigenvalue weighted by Gasteiger charge is 2.18. The highest BCUT2D eigenvalue weighted by atomic mass is 16.6. The number of hydrogen-bond acceptors (Lipinski definition) is 3. The van der Waals surface area contributed by atoms with E-state index in [4.69, 9.17) is 0 Å². The van der Waals surface area contributed by atoms with Gasteiger partial charge in [0.1, 0.15) is 11.9 Å². The van der Waals surface area contributed by atoms with E-state index in [9.17, 15) is 10.1 Å². The fourth-order valence-electron chi connectivity index (χ4n) is 1.32. The van der Waals surface area contributed by atoms with Gasteiger partial charge in [0.15, 0.2) is 0 Å². The molecule has 1 rings (SSSR count). The van der Waals surface area contributed by atoms with Crippen molar-refractivity contribution in [3.05, 3.63) is 22.0 Å². The Hall–Kier alpha value is -1.39. The summed E-state index contributed by atoms with van der Waals surface area (Å²) in [5.74, 6) is 0.546. The van der Waals surface area contributed by atoms with Gasteiger partial charge in [-0.05, 0) is 18.8 Å². The number of aromatic nitrogens is 2. The van der Waals surface area contributed by atoms with Crippen molar-refractivity contribution in [2.45, 2.75) is 26.7 Å². The van der Waals surface area contributed by atoms with E-state index in [2.05, 4.69) is 18.9 Å². The first-order chi connectivity index (χ1) is 6.52. The van der Waals surface area contributed by atoms with Crippen LogP contribution in [0.15, 0.2) is 6.20 Å². The van der Waals surface area contributed by atoms with Crippen molar-refractivity contribution in [1.29, 1.82) is 0 Å². The largest absolute Gasteiger partial charge is 0.310 e. The lowest BCUT2D eigenvalue weighted by atomic mass is 10.1. The first-order valence-corrected chi connectivity index (χ1v) is 4.67. The third kappa shape index (κ3) is 2.31. The molecule has 0 unspecified atom stereocenters. The lowest BCUT2D eigenvalue weighted by Gasteiger charge is -2.04. The van der Waals surface area contributed by atoms with Crippen molar-refractivity contribution in [1.82, 2.24) is 9.78 Å². The molecule has 0 radical (unpaired) electrons. The zero-order valence-corrected chi connectivity index (χ0v) is 8.73. The average molecular weight is 197 g/mol. The molecule has 0 aliphatic heterocycles. The van der Waals surface area contributed by atoms with Crippen molar-refractivity contribution in [2.24, 2.45) is 13.0 Å². The van der Waals surface area contributed by atoms with Crippen LogP contribution >= 0.6 is 0 Å². The zero-order valence-electron chi connectivity index (χ0n) is 8.73. The van der Waals surface area contributed by atoms with E-state index in [-0.39, 0.29) is 10.6 Å². The van der Waals surface area contributed by atoms with E-state index in [0.29, 0.717) is 18.0 Å². The van der Waals surface area contributed by atoms with E-state index in [1.807, 2.05) is 0 Å². The Morgan fingerprint density at radius 1 is 1.64 bits per heavy atom. The summed E-state index contributed by atoms with van der Waals surface area (Å²) in [4.78, 5) is 10.3. The molecule has 0 aromatic carbocycles. The maximum absolute atomic E-state index is 10.6. The van der Waals surface area contributed by atoms with Gasteiger partial charge in [-0.1, -0.05) is 13.8 Å². The summed E-state index contributed by atoms with van der Waals surface area (Å²) >= 11 is 0. The number of nitrogens with zero attached hydrogens (tertiary/aromatic N) is 3. The predicted octanol–water partition coefficient (Wildman–Crippen LogP) is 1.92. The monoisotopic (exact) mass is 197 g/mol. The van der Waals surface area contributed by atoms with E-state index in [1.165, 1.54) is 6.20 Å². The molecule has 0 N–H and O–H groups in total. The number of hydrogen-bond donors (Lipinski definition) is 0. The third-order valence-corrected chi connectivity index (χ3v) is 2.19. The molecular weight excluding hydrogens is 182 g/mol. The molecular formula is C9H15N3O2. The van der Waals surface area contributed by atoms with Gasteiger partial charge in [-0.15, -0.1) is 0 Å². The third-order valence-electron chi connectivity index (χ3n) is 2.19. The Bertz CT molecular complexity index is 331. The summed E-state index contributed by atoms with van der Waals surface area (Å²) in [5.41, 5.74) is 0.844. The van der Waals surface area contributed by atoms with Gasteiger partial charge in [-0.3, -0.25) is 14.8 Å². The van der Waals surface area contributed by atoms with Crippen molar-refractivity contribution in [2.75, 3.05) is 0 Å². The molecule has 0 atom stereocenters. The standard InChI is InChI=1S/C9H15N3O2/c1-7(2)4-5-8-9(12(13)14)6-10-11(8)3/h6-7H,4-5H2,1-3H3. The summed E-state index contributed by atoms with van der Waals surface area (Å²) < 4.78 is 1.58. The minimum atomic E-state index is -0.372. The fourth-order valence-corrected chi connectivity index (χ4v) is 1.32. The van der Waals surface area contributed by atoms with Crippen LogP contribution in [0.25, 0.3) is 0 Å². The highest BCUT2D eigenvalue weighted by molar-refractivity contribution is 5.32. The van der Waals surface area contributed by atoms with Gasteiger partial charge in [0.2, 0.25) is 0 Å². The molecule has 5 heteroatoms. The topological polar surface area (TPSA) is 61.0 Å². The van der Waals surface area contributed by atoms with Crippen molar-refractivity contribution < 1.29 is 4.92 Å². The van der Waals surface area contributed by atoms with E-state index < -0.39 is 0 Å². The fraction of sp³-hybridized carbons (Fsp3) is 0.667. The lowest BCUT2D eigenvalue weighted by molar-refractivity contribution is -0.385. The Balaban J connectivity index is 2.83. The molecule has 0 spiro atoms. The van der Waals surface area contributed by atoms with Gasteiger partial charge in [0, 0.05) is 7.05 Å². The van der Waals surface area contributed by atoms with Gasteiger partial charge in [0.05, 0.1) is 4.92 Å². The second-order valence-corrected chi connectivity index (χ2v) is 3.79. The number of aryl methyl sites for hydroxylation is 1. The average Bonchev–Trinajstić information content (AvgIpc) is 2.43. The van der Waals surface area contributed by atoms with Crippen LogP contribution in [0.5, 0.6) is 0 Å². The number of rotatable bonds is 4. The zero-order chi connectivity index (χ0) is 10.7. The van der Waals surface area contributed by atoms with Crippen LogP contribution < -0.4 is 0 Å². The summed E-state index contributed by atoms with van der Waals surface area (Å²) in [6.45, 7) is 4.20. The Kier molecular flexibility index (Phi) is 3.22. The smallest absolute Gasteiger partial charge is 0.265 e. The van der Waals surface area contributed by atoms with Crippen LogP contribution in [0.2, 0.25) is 0 Å². The molecule has 0 fully saturated rings. The van der Waals surface area contributed by atoms with Crippen LogP contribution in [0.3, 0.4) is 0 Å². The SMILES string of the molecule is CC(C)CCc1c([N+](=O)[O-])cnn1C. The van der Waals surface area contributed by atoms with Gasteiger partial charge < -0.3 is 0 Å². The maximum atomic E-state index is 10.6. The van der Waals surface area contributed by atoms with Crippen LogP contribution in [0.4, 0.5) is 5.69 Å². The lowest BCUT2D eigenvalue weighted by Crippen LogP contribution is -2.03. The first kappa shape index (κ1) is 10.7. The highest BCUT2D eigenvalue weighted by Crippen LogP contribution is 2.19. The quantitative estimate of drug-likeness (QED) is 0.547. The minimum Gasteiger partial charge on any atom is -0.265 e. The van der Waals surface area contributed by atoms with Crippen molar-refractivity contribution in [3.63, 3.8) is 0 Å². The Labute approximate surface area is 82.9 Å². The van der Waals surface area contributed by atoms with Gasteiger partial charge in [-0.25, -0.2) is 0 Å². The molecule has 0 saturated heterocycles. The van der Waals surface area contributed by atoms with Crippen molar-refractivity contribution in [3.8, 4) is 0 Å². The van der Waals surface area contributed by atoms with Crippen LogP contribution in [-0.4, -0.2) is 14.7 Å². The van der Waals surface area contributed by atoms with E-state index in [0.717, 1.165) is 6.42 Å². The van der Waals surface area contributed by atoms with Gasteiger partial charge in [0.25, 0.3) is 0 Å². The molecule has 0 amide bonds. The molecule has 0 saturated carbocycles. The number of nitro groups is 1. The van der Waals surface area contributed by atoms with E-state index >= 15 is 0 Å². The Morgan fingerprint density at radius 2 is 2.29 bits per heavy atom. The predicted molar refractivity (Wildman–Crippen MR) is 53.0 cm³/mol. The molecule has 0 aliphatic carbocycles. The second-order valence-electron chi connectivity index (χ2n) is 3.79. The van der Waals surface area contributed by atoms with Crippen LogP contribution in [-0.2, 0) is 13.5 Å². The summed E-state index contributed by atoms with van der Waals surface area (Å²) in [6, 6.07) is 0. The molecule has 5 nitrogen and oxygen atoms in total. The molecule has 0 bridgehead atoms. The normalized spacial score (nSPS) is 10.9. The molecule has 0 aliphatic rings. The molecule has 1 aromatic rings. The molecule has 14 heavy (non-hydrogen) atoms. The second kappa shape index (κ2) is 4.21. The van der Waals surface area contributed by atoms with Crippen LogP contribution in [0, 0.1) is 16.0 Å². The summed E-state index contributed by atoms with van der Waals surface area (Å²) in [5, 5.41) is 14.5. The minimum absolute atomic E-state index is 0.133. The molecule has 1 heterocycles. The van der Waals surface area contributed by atoms with E-state index in [1.54, 1.807) is 11.7 Å². The van der Waals surface area contributed by atoms with Gasteiger partial charge in [-0.2, -0.15) is 5.10 Å². The maximum Gasteiger partial charge on any atom is 0.310 e. The first-order valence-electron chi connectivity index (χ1n) is 4.67. The Morgan fingerprint density at radius 3 is 2.79 bits per heavy atom. The molecule has 1 aromatic heterocycles. The van der Waals surface area contributed by atoms with Gasteiger partial charge >= 0.3 is 5.69 Å². The summed E-state index contributed by atoms with van der Waals surface area (Å²) in [7, 11) is 1.74. The van der Waals surface area contributed by atoms with Crippen LogP contribution in [0.1, 0.15) is 26.0 Å². The van der Waals surface area contributed by atoms with Crippen molar-refractivity contribution >= 4 is 5.69 Å².